The van der Waals surface area contributed by atoms with Crippen molar-refractivity contribution in [3.05, 3.63) is 0 Å². The van der Waals surface area contributed by atoms with Gasteiger partial charge < -0.3 is 5.11 Å². The maximum absolute atomic E-state index is 9.59. The van der Waals surface area contributed by atoms with E-state index in [4.69, 9.17) is 0 Å². The molecule has 3 heteroatoms. The van der Waals surface area contributed by atoms with Gasteiger partial charge in [0.2, 0.25) is 0 Å². The van der Waals surface area contributed by atoms with Crippen LogP contribution in [0.1, 0.15) is 26.7 Å². The van der Waals surface area contributed by atoms with Crippen molar-refractivity contribution < 1.29 is 5.11 Å². The number of hydrogen-bond acceptors (Lipinski definition) is 3. The van der Waals surface area contributed by atoms with Crippen LogP contribution in [0.25, 0.3) is 0 Å². The van der Waals surface area contributed by atoms with Crippen molar-refractivity contribution in [1.29, 1.82) is 0 Å². The average Bonchev–Trinajstić information content (AvgIpc) is 2.05. The highest BCUT2D eigenvalue weighted by Crippen LogP contribution is 2.46. The van der Waals surface area contributed by atoms with Crippen LogP contribution < -0.4 is 0 Å². The van der Waals surface area contributed by atoms with Gasteiger partial charge in [0.15, 0.2) is 0 Å². The molecule has 1 nitrogen and oxygen atoms in total. The van der Waals surface area contributed by atoms with Gasteiger partial charge in [0, 0.05) is 0 Å². The standard InChI is InChI=1S/C8H16OS2/c1-3-8(7(2)9)10-5-4-6-11-8/h7,9H,3-6H2,1-2H3. The highest BCUT2D eigenvalue weighted by atomic mass is 32.2. The predicted molar refractivity (Wildman–Crippen MR) is 54.2 cm³/mol. The first-order valence-corrected chi connectivity index (χ1v) is 6.14. The minimum Gasteiger partial charge on any atom is -0.391 e. The molecule has 0 spiro atoms. The van der Waals surface area contributed by atoms with Gasteiger partial charge in [-0.2, -0.15) is 0 Å². The largest absolute Gasteiger partial charge is 0.391 e. The molecule has 1 saturated heterocycles. The van der Waals surface area contributed by atoms with Gasteiger partial charge in [-0.25, -0.2) is 0 Å². The molecule has 1 unspecified atom stereocenters. The number of rotatable bonds is 2. The van der Waals surface area contributed by atoms with Crippen molar-refractivity contribution in [2.45, 2.75) is 36.9 Å². The van der Waals surface area contributed by atoms with Crippen molar-refractivity contribution in [3.63, 3.8) is 0 Å². The van der Waals surface area contributed by atoms with Gasteiger partial charge in [-0.15, -0.1) is 23.5 Å². The quantitative estimate of drug-likeness (QED) is 0.725. The van der Waals surface area contributed by atoms with E-state index in [0.29, 0.717) is 0 Å². The van der Waals surface area contributed by atoms with Crippen LogP contribution in [-0.4, -0.2) is 26.8 Å². The van der Waals surface area contributed by atoms with Crippen molar-refractivity contribution >= 4 is 23.5 Å². The van der Waals surface area contributed by atoms with Gasteiger partial charge in [0.1, 0.15) is 0 Å². The zero-order valence-electron chi connectivity index (χ0n) is 7.17. The highest BCUT2D eigenvalue weighted by Gasteiger charge is 2.36. The van der Waals surface area contributed by atoms with Gasteiger partial charge in [-0.1, -0.05) is 6.92 Å². The molecule has 0 amide bonds. The molecule has 0 radical (unpaired) electrons. The first kappa shape index (κ1) is 9.75. The maximum Gasteiger partial charge on any atom is 0.0863 e. The lowest BCUT2D eigenvalue weighted by atomic mass is 10.2. The third-order valence-corrected chi connectivity index (χ3v) is 6.04. The van der Waals surface area contributed by atoms with E-state index >= 15 is 0 Å². The van der Waals surface area contributed by atoms with Crippen LogP contribution in [0.15, 0.2) is 0 Å². The number of thioether (sulfide) groups is 2. The van der Waals surface area contributed by atoms with Crippen LogP contribution in [-0.2, 0) is 0 Å². The van der Waals surface area contributed by atoms with Crippen molar-refractivity contribution in [2.75, 3.05) is 11.5 Å². The summed E-state index contributed by atoms with van der Waals surface area (Å²) in [6.07, 6.45) is 2.19. The molecule has 0 aromatic carbocycles. The van der Waals surface area contributed by atoms with E-state index in [1.54, 1.807) is 0 Å². The fourth-order valence-corrected chi connectivity index (χ4v) is 4.51. The lowest BCUT2D eigenvalue weighted by Crippen LogP contribution is -2.35. The molecule has 66 valence electrons. The van der Waals surface area contributed by atoms with E-state index in [9.17, 15) is 5.11 Å². The number of aliphatic hydroxyl groups excluding tert-OH is 1. The monoisotopic (exact) mass is 192 g/mol. The van der Waals surface area contributed by atoms with Gasteiger partial charge >= 0.3 is 0 Å². The first-order valence-electron chi connectivity index (χ1n) is 4.17. The predicted octanol–water partition coefficient (Wildman–Crippen LogP) is 2.34. The van der Waals surface area contributed by atoms with Gasteiger partial charge in [-0.05, 0) is 31.3 Å². The van der Waals surface area contributed by atoms with Crippen LogP contribution >= 0.6 is 23.5 Å². The summed E-state index contributed by atoms with van der Waals surface area (Å²) in [5.74, 6) is 2.43. The van der Waals surface area contributed by atoms with Crippen molar-refractivity contribution in [3.8, 4) is 0 Å². The Labute approximate surface area is 77.3 Å². The van der Waals surface area contributed by atoms with E-state index in [2.05, 4.69) is 6.92 Å². The van der Waals surface area contributed by atoms with E-state index in [1.165, 1.54) is 17.9 Å². The summed E-state index contributed by atoms with van der Waals surface area (Å²) in [6.45, 7) is 4.08. The smallest absolute Gasteiger partial charge is 0.0863 e. The Morgan fingerprint density at radius 3 is 2.27 bits per heavy atom. The molecule has 1 N–H and O–H groups in total. The summed E-state index contributed by atoms with van der Waals surface area (Å²) >= 11 is 3.86. The molecule has 1 aliphatic rings. The van der Waals surface area contributed by atoms with Crippen LogP contribution in [0.2, 0.25) is 0 Å². The van der Waals surface area contributed by atoms with Crippen molar-refractivity contribution in [2.24, 2.45) is 0 Å². The first-order chi connectivity index (χ1) is 5.21. The Kier molecular flexibility index (Phi) is 3.59. The molecule has 0 aliphatic carbocycles. The van der Waals surface area contributed by atoms with Crippen LogP contribution in [0.5, 0.6) is 0 Å². The summed E-state index contributed by atoms with van der Waals surface area (Å²) in [5.41, 5.74) is 0. The van der Waals surface area contributed by atoms with Crippen LogP contribution in [0, 0.1) is 0 Å². The Hall–Kier alpha value is 0.660. The fraction of sp³-hybridized carbons (Fsp3) is 1.00. The summed E-state index contributed by atoms with van der Waals surface area (Å²) in [7, 11) is 0. The Morgan fingerprint density at radius 2 is 2.00 bits per heavy atom. The molecule has 0 saturated carbocycles. The molecular formula is C8H16OS2. The third-order valence-electron chi connectivity index (χ3n) is 2.11. The Balaban J connectivity index is 2.57. The normalized spacial score (nSPS) is 26.5. The van der Waals surface area contributed by atoms with Crippen LogP contribution in [0.4, 0.5) is 0 Å². The second kappa shape index (κ2) is 4.06. The molecule has 1 atom stereocenters. The lowest BCUT2D eigenvalue weighted by Gasteiger charge is -2.37. The third kappa shape index (κ3) is 2.07. The van der Waals surface area contributed by atoms with Crippen LogP contribution in [0.3, 0.4) is 0 Å². The Morgan fingerprint density at radius 1 is 1.45 bits per heavy atom. The SMILES string of the molecule is CCC1(C(C)O)SCCCS1. The minimum absolute atomic E-state index is 0.109. The van der Waals surface area contributed by atoms with E-state index in [-0.39, 0.29) is 10.2 Å². The molecule has 1 rings (SSSR count). The molecule has 1 heterocycles. The molecule has 0 bridgehead atoms. The van der Waals surface area contributed by atoms with E-state index in [0.717, 1.165) is 6.42 Å². The summed E-state index contributed by atoms with van der Waals surface area (Å²) < 4.78 is 0.109. The minimum atomic E-state index is -0.178. The highest BCUT2D eigenvalue weighted by molar-refractivity contribution is 8.18. The van der Waals surface area contributed by atoms with Gasteiger partial charge in [-0.3, -0.25) is 0 Å². The zero-order valence-corrected chi connectivity index (χ0v) is 8.80. The average molecular weight is 192 g/mol. The lowest BCUT2D eigenvalue weighted by molar-refractivity contribution is 0.178. The second-order valence-corrected chi connectivity index (χ2v) is 6.00. The summed E-state index contributed by atoms with van der Waals surface area (Å²) in [5, 5.41) is 9.59. The van der Waals surface area contributed by atoms with Crippen molar-refractivity contribution in [1.82, 2.24) is 0 Å². The van der Waals surface area contributed by atoms with Gasteiger partial charge in [0.05, 0.1) is 10.2 Å². The summed E-state index contributed by atoms with van der Waals surface area (Å²) in [4.78, 5) is 0. The van der Waals surface area contributed by atoms with Gasteiger partial charge in [0.25, 0.3) is 0 Å². The molecule has 0 aromatic rings. The summed E-state index contributed by atoms with van der Waals surface area (Å²) in [6, 6.07) is 0. The topological polar surface area (TPSA) is 20.2 Å². The van der Waals surface area contributed by atoms with E-state index in [1.807, 2.05) is 30.4 Å². The maximum atomic E-state index is 9.59. The number of hydrogen-bond donors (Lipinski definition) is 1. The van der Waals surface area contributed by atoms with E-state index < -0.39 is 0 Å². The molecule has 1 aliphatic heterocycles. The Bertz CT molecular complexity index is 119. The molecule has 11 heavy (non-hydrogen) atoms. The second-order valence-electron chi connectivity index (χ2n) is 2.89. The molecular weight excluding hydrogens is 176 g/mol. The number of aliphatic hydroxyl groups is 1. The molecule has 1 fully saturated rings. The zero-order chi connectivity index (χ0) is 8.32. The molecule has 0 aromatic heterocycles. The fourth-order valence-electron chi connectivity index (χ4n) is 1.33.